The highest BCUT2D eigenvalue weighted by atomic mass is 16.5. The molecule has 2 fully saturated rings. The van der Waals surface area contributed by atoms with Gasteiger partial charge in [-0.05, 0) is 104 Å². The molecule has 3 aliphatic rings. The Hall–Kier alpha value is -6.04. The van der Waals surface area contributed by atoms with E-state index in [0.29, 0.717) is 38.9 Å². The molecule has 7 rings (SSSR count). The van der Waals surface area contributed by atoms with Gasteiger partial charge in [0.1, 0.15) is 18.1 Å². The lowest BCUT2D eigenvalue weighted by molar-refractivity contribution is -0.155. The first-order valence-corrected chi connectivity index (χ1v) is 23.7. The number of pyridine rings is 1. The van der Waals surface area contributed by atoms with Crippen LogP contribution in [0, 0.1) is 35.0 Å². The van der Waals surface area contributed by atoms with Gasteiger partial charge in [0.05, 0.1) is 30.0 Å². The standard InChI is InChI=1S/C53H67N7O7/c1-11-16-45(61)58-29-33(5)41(30-58)50(63)57(9)47(32(3)4)49(62)55-43-26-35-17-13-18-36(25-35)37-21-22-44-39(27-37)40(48(59(44)12-2)38-19-14-23-54-46(38)34(6)66-10)28-53(7,8)31-67-52(65)42-20-15-24-60(56-42)51(43)64/h13-14,17-19,21-23,25,27,32-34,41-43,47,56H,12,15,20,24,26,28-31H2,1-10H3,(H,55,62)/t33-,34-,41?,42-,43-,47-/m0/s1. The Morgan fingerprint density at radius 3 is 2.54 bits per heavy atom. The van der Waals surface area contributed by atoms with Crippen LogP contribution in [0.2, 0.25) is 0 Å². The molecule has 2 saturated heterocycles. The number of amides is 4. The van der Waals surface area contributed by atoms with Crippen LogP contribution >= 0.6 is 0 Å². The van der Waals surface area contributed by atoms with Crippen molar-refractivity contribution >= 4 is 40.5 Å². The van der Waals surface area contributed by atoms with Crippen molar-refractivity contribution in [1.82, 2.24) is 35.1 Å². The molecule has 14 nitrogen and oxygen atoms in total. The highest BCUT2D eigenvalue weighted by Gasteiger charge is 2.42. The Kier molecular flexibility index (Phi) is 14.9. The maximum atomic E-state index is 14.8. The summed E-state index contributed by atoms with van der Waals surface area (Å²) in [5.41, 5.74) is 10.5. The number of hydrazine groups is 1. The van der Waals surface area contributed by atoms with E-state index in [1.54, 1.807) is 32.2 Å². The maximum Gasteiger partial charge on any atom is 0.324 e. The smallest absolute Gasteiger partial charge is 0.324 e. The normalized spacial score (nSPS) is 21.8. The van der Waals surface area contributed by atoms with Crippen molar-refractivity contribution in [1.29, 1.82) is 0 Å². The van der Waals surface area contributed by atoms with Gasteiger partial charge in [0, 0.05) is 74.8 Å². The second-order valence-electron chi connectivity index (χ2n) is 19.7. The number of rotatable bonds is 9. The van der Waals surface area contributed by atoms with Crippen molar-refractivity contribution in [3.05, 3.63) is 77.6 Å². The molecule has 356 valence electrons. The second-order valence-corrected chi connectivity index (χ2v) is 19.7. The van der Waals surface area contributed by atoms with Crippen LogP contribution in [0.4, 0.5) is 0 Å². The number of benzene rings is 2. The molecule has 67 heavy (non-hydrogen) atoms. The van der Waals surface area contributed by atoms with Crippen molar-refractivity contribution in [3.63, 3.8) is 0 Å². The predicted octanol–water partition coefficient (Wildman–Crippen LogP) is 6.35. The molecule has 1 unspecified atom stereocenters. The first-order valence-electron chi connectivity index (χ1n) is 23.7. The zero-order valence-electron chi connectivity index (χ0n) is 40.8. The van der Waals surface area contributed by atoms with Crippen LogP contribution in [-0.2, 0) is 52.8 Å². The molecule has 2 N–H and O–H groups in total. The summed E-state index contributed by atoms with van der Waals surface area (Å²) in [6, 6.07) is 15.8. The summed E-state index contributed by atoms with van der Waals surface area (Å²) in [5, 5.41) is 5.59. The largest absolute Gasteiger partial charge is 0.464 e. The highest BCUT2D eigenvalue weighted by Crippen LogP contribution is 2.42. The van der Waals surface area contributed by atoms with E-state index in [9.17, 15) is 24.0 Å². The number of likely N-dealkylation sites (N-methyl/N-ethyl adjacent to an activating group) is 1. The molecular weight excluding hydrogens is 847 g/mol. The fourth-order valence-corrected chi connectivity index (χ4v) is 10.2. The van der Waals surface area contributed by atoms with Crippen LogP contribution in [0.3, 0.4) is 0 Å². The van der Waals surface area contributed by atoms with Gasteiger partial charge >= 0.3 is 5.97 Å². The SMILES string of the molecule is CC#CC(=O)N1CC(C(=O)N(C)[C@H](C(=O)N[C@H]2Cc3cccc(c3)-c3ccc4c(c3)c(c(-c3cccnc3[C@H](C)OC)n4CC)CC(C)(C)COC(=O)[C@@H]3CCCN(N3)C2=O)C(C)C)[C@@H](C)C1. The van der Waals surface area contributed by atoms with Crippen molar-refractivity contribution < 1.29 is 33.4 Å². The van der Waals surface area contributed by atoms with Gasteiger partial charge in [-0.25, -0.2) is 5.43 Å². The summed E-state index contributed by atoms with van der Waals surface area (Å²) in [7, 11) is 3.30. The summed E-state index contributed by atoms with van der Waals surface area (Å²) in [5.74, 6) is 2.33. The number of nitrogens with zero attached hydrogens (tertiary/aromatic N) is 5. The molecule has 5 heterocycles. The second kappa shape index (κ2) is 20.4. The highest BCUT2D eigenvalue weighted by molar-refractivity contribution is 5.97. The molecular formula is C53H67N7O7. The van der Waals surface area contributed by atoms with E-state index in [4.69, 9.17) is 14.5 Å². The minimum absolute atomic E-state index is 0.134. The molecule has 14 heteroatoms. The van der Waals surface area contributed by atoms with E-state index in [1.165, 1.54) is 9.91 Å². The molecule has 2 aromatic carbocycles. The molecule has 0 spiro atoms. The number of likely N-dealkylation sites (tertiary alicyclic amines) is 1. The minimum Gasteiger partial charge on any atom is -0.464 e. The summed E-state index contributed by atoms with van der Waals surface area (Å²) in [4.78, 5) is 78.0. The van der Waals surface area contributed by atoms with Gasteiger partial charge < -0.3 is 29.2 Å². The zero-order valence-corrected chi connectivity index (χ0v) is 40.8. The molecule has 6 bridgehead atoms. The summed E-state index contributed by atoms with van der Waals surface area (Å²) in [6.07, 6.45) is 3.28. The van der Waals surface area contributed by atoms with Crippen molar-refractivity contribution in [2.45, 2.75) is 112 Å². The Balaban J connectivity index is 1.28. The number of hydrogen-bond donors (Lipinski definition) is 2. The lowest BCUT2D eigenvalue weighted by atomic mass is 9.84. The number of carbonyl (C=O) groups excluding carboxylic acids is 5. The van der Waals surface area contributed by atoms with Crippen LogP contribution in [0.25, 0.3) is 33.3 Å². The maximum absolute atomic E-state index is 14.8. The minimum atomic E-state index is -1.06. The van der Waals surface area contributed by atoms with E-state index in [-0.39, 0.29) is 49.3 Å². The Bertz CT molecular complexity index is 2590. The van der Waals surface area contributed by atoms with Gasteiger partial charge in [0.15, 0.2) is 0 Å². The molecule has 4 aromatic rings. The Morgan fingerprint density at radius 2 is 1.82 bits per heavy atom. The molecule has 0 aliphatic carbocycles. The topological polar surface area (TPSA) is 155 Å². The number of fused-ring (bicyclic) bond motifs is 6. The number of nitrogens with one attached hydrogen (secondary N) is 2. The number of esters is 1. The zero-order chi connectivity index (χ0) is 48.3. The molecule has 0 saturated carbocycles. The van der Waals surface area contributed by atoms with E-state index in [0.717, 1.165) is 50.1 Å². The van der Waals surface area contributed by atoms with E-state index in [2.05, 4.69) is 84.3 Å². The Morgan fingerprint density at radius 1 is 1.06 bits per heavy atom. The van der Waals surface area contributed by atoms with Crippen LogP contribution in [0.15, 0.2) is 60.8 Å². The van der Waals surface area contributed by atoms with E-state index in [1.807, 2.05) is 45.9 Å². The number of hydrogen-bond acceptors (Lipinski definition) is 9. The van der Waals surface area contributed by atoms with Crippen molar-refractivity contribution in [2.24, 2.45) is 23.2 Å². The van der Waals surface area contributed by atoms with Gasteiger partial charge in [0.25, 0.3) is 11.8 Å². The van der Waals surface area contributed by atoms with Gasteiger partial charge in [0.2, 0.25) is 11.8 Å². The summed E-state index contributed by atoms with van der Waals surface area (Å²) >= 11 is 0. The van der Waals surface area contributed by atoms with Crippen molar-refractivity contribution in [2.75, 3.05) is 40.4 Å². The number of methoxy groups -OCH3 is 1. The predicted molar refractivity (Wildman–Crippen MR) is 258 cm³/mol. The monoisotopic (exact) mass is 914 g/mol. The number of carbonyl (C=O) groups is 5. The number of cyclic esters (lactones) is 1. The van der Waals surface area contributed by atoms with Crippen LogP contribution in [0.5, 0.6) is 0 Å². The molecule has 3 aliphatic heterocycles. The lowest BCUT2D eigenvalue weighted by Gasteiger charge is -2.37. The van der Waals surface area contributed by atoms with Crippen molar-refractivity contribution in [3.8, 4) is 34.2 Å². The van der Waals surface area contributed by atoms with Gasteiger partial charge in [-0.3, -0.25) is 34.0 Å². The summed E-state index contributed by atoms with van der Waals surface area (Å²) in [6.45, 7) is 17.4. The van der Waals surface area contributed by atoms with Crippen LogP contribution in [0.1, 0.15) is 91.2 Å². The Labute approximate surface area is 395 Å². The number of ether oxygens (including phenoxy) is 2. The van der Waals surface area contributed by atoms with Crippen LogP contribution in [-0.4, -0.2) is 112 Å². The van der Waals surface area contributed by atoms with E-state index < -0.39 is 47.2 Å². The first-order chi connectivity index (χ1) is 32.0. The molecule has 0 radical (unpaired) electrons. The van der Waals surface area contributed by atoms with Crippen LogP contribution < -0.4 is 10.7 Å². The third kappa shape index (κ3) is 10.3. The number of aromatic nitrogens is 2. The first kappa shape index (κ1) is 48.9. The number of aryl methyl sites for hydroxylation is 1. The molecule has 6 atom stereocenters. The average molecular weight is 914 g/mol. The summed E-state index contributed by atoms with van der Waals surface area (Å²) < 4.78 is 14.3. The fourth-order valence-electron chi connectivity index (χ4n) is 10.2. The fraction of sp³-hybridized carbons (Fsp3) is 0.509. The quantitative estimate of drug-likeness (QED) is 0.145. The third-order valence-electron chi connectivity index (χ3n) is 13.7. The van der Waals surface area contributed by atoms with E-state index >= 15 is 0 Å². The van der Waals surface area contributed by atoms with Gasteiger partial charge in [-0.2, -0.15) is 0 Å². The molecule has 4 amide bonds. The molecule has 2 aromatic heterocycles. The lowest BCUT2D eigenvalue weighted by Crippen LogP contribution is -2.62. The van der Waals surface area contributed by atoms with Gasteiger partial charge in [-0.1, -0.05) is 70.9 Å². The average Bonchev–Trinajstić information content (AvgIpc) is 3.85. The third-order valence-corrected chi connectivity index (χ3v) is 13.7. The van der Waals surface area contributed by atoms with Gasteiger partial charge in [-0.15, -0.1) is 0 Å².